The van der Waals surface area contributed by atoms with E-state index in [2.05, 4.69) is 27.0 Å². The first-order chi connectivity index (χ1) is 7.68. The Morgan fingerprint density at radius 2 is 2.25 bits per heavy atom. The lowest BCUT2D eigenvalue weighted by atomic mass is 9.86. The van der Waals surface area contributed by atoms with Crippen LogP contribution in [0.4, 0.5) is 0 Å². The highest BCUT2D eigenvalue weighted by atomic mass is 79.9. The van der Waals surface area contributed by atoms with Gasteiger partial charge in [0.15, 0.2) is 0 Å². The standard InChI is InChI=1S/C12H17BrN2O/c13-11-6-10(8-15-9-11)7-12(14)2-1-4-16-5-3-12/h6,8-9H,1-5,7,14H2. The quantitative estimate of drug-likeness (QED) is 0.907. The molecule has 16 heavy (non-hydrogen) atoms. The number of nitrogens with zero attached hydrogens (tertiary/aromatic N) is 1. The summed E-state index contributed by atoms with van der Waals surface area (Å²) in [5.41, 5.74) is 7.49. The number of rotatable bonds is 2. The van der Waals surface area contributed by atoms with Crippen molar-refractivity contribution < 1.29 is 4.74 Å². The average Bonchev–Trinajstić information content (AvgIpc) is 2.43. The second-order valence-corrected chi connectivity index (χ2v) is 5.43. The summed E-state index contributed by atoms with van der Waals surface area (Å²) >= 11 is 3.43. The molecule has 0 aliphatic carbocycles. The van der Waals surface area contributed by atoms with E-state index in [9.17, 15) is 0 Å². The van der Waals surface area contributed by atoms with Gasteiger partial charge in [0.25, 0.3) is 0 Å². The van der Waals surface area contributed by atoms with Crippen molar-refractivity contribution in [3.63, 3.8) is 0 Å². The first-order valence-electron chi connectivity index (χ1n) is 5.64. The lowest BCUT2D eigenvalue weighted by Crippen LogP contribution is -2.42. The SMILES string of the molecule is NC1(Cc2cncc(Br)c2)CCCOCC1. The predicted octanol–water partition coefficient (Wildman–Crippen LogP) is 2.28. The Morgan fingerprint density at radius 3 is 3.06 bits per heavy atom. The zero-order valence-electron chi connectivity index (χ0n) is 9.29. The van der Waals surface area contributed by atoms with Crippen LogP contribution < -0.4 is 5.73 Å². The molecule has 1 aliphatic rings. The molecule has 1 aromatic rings. The Labute approximate surface area is 105 Å². The average molecular weight is 285 g/mol. The number of aromatic nitrogens is 1. The number of ether oxygens (including phenoxy) is 1. The normalized spacial score (nSPS) is 26.4. The highest BCUT2D eigenvalue weighted by molar-refractivity contribution is 9.10. The Morgan fingerprint density at radius 1 is 1.38 bits per heavy atom. The highest BCUT2D eigenvalue weighted by Crippen LogP contribution is 2.24. The molecule has 2 heterocycles. The van der Waals surface area contributed by atoms with E-state index in [1.807, 2.05) is 6.20 Å². The zero-order chi connectivity index (χ0) is 11.4. The van der Waals surface area contributed by atoms with Crippen molar-refractivity contribution in [3.8, 4) is 0 Å². The molecular formula is C12H17BrN2O. The van der Waals surface area contributed by atoms with E-state index in [4.69, 9.17) is 10.5 Å². The van der Waals surface area contributed by atoms with Gasteiger partial charge < -0.3 is 10.5 Å². The van der Waals surface area contributed by atoms with Gasteiger partial charge >= 0.3 is 0 Å². The number of hydrogen-bond acceptors (Lipinski definition) is 3. The molecule has 88 valence electrons. The topological polar surface area (TPSA) is 48.1 Å². The number of nitrogens with two attached hydrogens (primary N) is 1. The summed E-state index contributed by atoms with van der Waals surface area (Å²) < 4.78 is 6.46. The smallest absolute Gasteiger partial charge is 0.0483 e. The van der Waals surface area contributed by atoms with Crippen molar-refractivity contribution in [3.05, 3.63) is 28.5 Å². The van der Waals surface area contributed by atoms with Crippen molar-refractivity contribution >= 4 is 15.9 Å². The maximum Gasteiger partial charge on any atom is 0.0483 e. The van der Waals surface area contributed by atoms with Crippen LogP contribution in [0, 0.1) is 0 Å². The van der Waals surface area contributed by atoms with Gasteiger partial charge in [-0.25, -0.2) is 0 Å². The van der Waals surface area contributed by atoms with Crippen molar-refractivity contribution in [2.75, 3.05) is 13.2 Å². The molecular weight excluding hydrogens is 268 g/mol. The fraction of sp³-hybridized carbons (Fsp3) is 0.583. The van der Waals surface area contributed by atoms with Crippen LogP contribution in [-0.2, 0) is 11.2 Å². The van der Waals surface area contributed by atoms with Crippen molar-refractivity contribution in [2.24, 2.45) is 5.73 Å². The predicted molar refractivity (Wildman–Crippen MR) is 67.2 cm³/mol. The molecule has 0 aromatic carbocycles. The zero-order valence-corrected chi connectivity index (χ0v) is 10.9. The molecule has 1 aliphatic heterocycles. The lowest BCUT2D eigenvalue weighted by molar-refractivity contribution is 0.139. The summed E-state index contributed by atoms with van der Waals surface area (Å²) in [6, 6.07) is 2.09. The molecule has 1 fully saturated rings. The number of halogens is 1. The Bertz CT molecular complexity index is 349. The lowest BCUT2D eigenvalue weighted by Gasteiger charge is -2.27. The van der Waals surface area contributed by atoms with E-state index in [1.54, 1.807) is 6.20 Å². The van der Waals surface area contributed by atoms with Crippen molar-refractivity contribution in [2.45, 2.75) is 31.2 Å². The fourth-order valence-electron chi connectivity index (χ4n) is 2.16. The van der Waals surface area contributed by atoms with Gasteiger partial charge in [0, 0.05) is 35.6 Å². The summed E-state index contributed by atoms with van der Waals surface area (Å²) in [6.45, 7) is 1.62. The van der Waals surface area contributed by atoms with E-state index in [-0.39, 0.29) is 5.54 Å². The highest BCUT2D eigenvalue weighted by Gasteiger charge is 2.26. The van der Waals surface area contributed by atoms with Gasteiger partial charge in [-0.2, -0.15) is 0 Å². The molecule has 1 unspecified atom stereocenters. The van der Waals surface area contributed by atoms with Crippen LogP contribution in [0.1, 0.15) is 24.8 Å². The third kappa shape index (κ3) is 3.27. The first kappa shape index (κ1) is 12.0. The molecule has 0 spiro atoms. The molecule has 0 bridgehead atoms. The van der Waals surface area contributed by atoms with Crippen LogP contribution >= 0.6 is 15.9 Å². The molecule has 0 saturated carbocycles. The van der Waals surface area contributed by atoms with Crippen LogP contribution in [-0.4, -0.2) is 23.7 Å². The minimum Gasteiger partial charge on any atom is -0.381 e. The molecule has 2 N–H and O–H groups in total. The van der Waals surface area contributed by atoms with E-state index < -0.39 is 0 Å². The van der Waals surface area contributed by atoms with Crippen LogP contribution in [0.5, 0.6) is 0 Å². The van der Waals surface area contributed by atoms with Crippen LogP contribution in [0.15, 0.2) is 22.9 Å². The van der Waals surface area contributed by atoms with Gasteiger partial charge in [-0.3, -0.25) is 4.98 Å². The van der Waals surface area contributed by atoms with E-state index in [0.29, 0.717) is 0 Å². The van der Waals surface area contributed by atoms with Gasteiger partial charge in [0.05, 0.1) is 0 Å². The van der Waals surface area contributed by atoms with Gasteiger partial charge in [0.1, 0.15) is 0 Å². The second-order valence-electron chi connectivity index (χ2n) is 4.52. The van der Waals surface area contributed by atoms with Crippen LogP contribution in [0.25, 0.3) is 0 Å². The molecule has 2 rings (SSSR count). The largest absolute Gasteiger partial charge is 0.381 e. The molecule has 4 heteroatoms. The summed E-state index contributed by atoms with van der Waals surface area (Å²) in [5, 5.41) is 0. The Hall–Kier alpha value is -0.450. The first-order valence-corrected chi connectivity index (χ1v) is 6.43. The third-order valence-electron chi connectivity index (χ3n) is 3.03. The van der Waals surface area contributed by atoms with Crippen molar-refractivity contribution in [1.82, 2.24) is 4.98 Å². The minimum absolute atomic E-state index is 0.126. The summed E-state index contributed by atoms with van der Waals surface area (Å²) in [6.07, 6.45) is 7.58. The number of pyridine rings is 1. The van der Waals surface area contributed by atoms with Crippen LogP contribution in [0.2, 0.25) is 0 Å². The monoisotopic (exact) mass is 284 g/mol. The van der Waals surface area contributed by atoms with Gasteiger partial charge in [0.2, 0.25) is 0 Å². The fourth-order valence-corrected chi connectivity index (χ4v) is 2.58. The van der Waals surface area contributed by atoms with Crippen LogP contribution in [0.3, 0.4) is 0 Å². The van der Waals surface area contributed by atoms with Gasteiger partial charge in [-0.1, -0.05) is 0 Å². The summed E-state index contributed by atoms with van der Waals surface area (Å²) in [5.74, 6) is 0. The molecule has 1 atom stereocenters. The molecule has 0 radical (unpaired) electrons. The van der Waals surface area contributed by atoms with E-state index in [0.717, 1.165) is 43.4 Å². The molecule has 1 saturated heterocycles. The summed E-state index contributed by atoms with van der Waals surface area (Å²) in [7, 11) is 0. The molecule has 0 amide bonds. The minimum atomic E-state index is -0.126. The summed E-state index contributed by atoms with van der Waals surface area (Å²) in [4.78, 5) is 4.17. The third-order valence-corrected chi connectivity index (χ3v) is 3.46. The molecule has 3 nitrogen and oxygen atoms in total. The Balaban J connectivity index is 2.06. The van der Waals surface area contributed by atoms with Crippen molar-refractivity contribution in [1.29, 1.82) is 0 Å². The van der Waals surface area contributed by atoms with E-state index >= 15 is 0 Å². The maximum atomic E-state index is 6.42. The van der Waals surface area contributed by atoms with Gasteiger partial charge in [-0.05, 0) is 53.2 Å². The second kappa shape index (κ2) is 5.25. The Kier molecular flexibility index (Phi) is 3.95. The van der Waals surface area contributed by atoms with E-state index in [1.165, 1.54) is 5.56 Å². The maximum absolute atomic E-state index is 6.42. The van der Waals surface area contributed by atoms with Gasteiger partial charge in [-0.15, -0.1) is 0 Å². The number of hydrogen-bond donors (Lipinski definition) is 1. The molecule has 1 aromatic heterocycles.